The molecule has 2 rings (SSSR count). The van der Waals surface area contributed by atoms with Crippen LogP contribution < -0.4 is 5.32 Å². The molecule has 3 heteroatoms. The second-order valence-electron chi connectivity index (χ2n) is 4.90. The van der Waals surface area contributed by atoms with Gasteiger partial charge in [0, 0.05) is 24.1 Å². The Balaban J connectivity index is 2.47. The quantitative estimate of drug-likeness (QED) is 0.892. The molecule has 0 spiro atoms. The number of carbonyl (C=O) groups is 1. The molecule has 100 valence electrons. The molecular weight excluding hydrogens is 236 g/mol. The maximum Gasteiger partial charge on any atom is 0.147 e. The fourth-order valence-electron chi connectivity index (χ4n) is 2.45. The number of likely N-dealkylation sites (N-methyl/N-ethyl adjacent to an activating group) is 1. The second-order valence-corrected chi connectivity index (χ2v) is 4.90. The summed E-state index contributed by atoms with van der Waals surface area (Å²) >= 11 is 0. The Bertz CT molecular complexity index is 625. The Kier molecular flexibility index (Phi) is 3.86. The fraction of sp³-hybridized carbons (Fsp3) is 0.312. The molecule has 0 aliphatic rings. The van der Waals surface area contributed by atoms with Crippen molar-refractivity contribution in [3.63, 3.8) is 0 Å². The van der Waals surface area contributed by atoms with Crippen LogP contribution >= 0.6 is 0 Å². The van der Waals surface area contributed by atoms with Gasteiger partial charge in [-0.1, -0.05) is 18.7 Å². The van der Waals surface area contributed by atoms with E-state index >= 15 is 0 Å². The fourth-order valence-corrected chi connectivity index (χ4v) is 2.45. The molecule has 1 aromatic carbocycles. The van der Waals surface area contributed by atoms with Crippen LogP contribution in [0.1, 0.15) is 18.1 Å². The molecule has 0 amide bonds. The molecule has 1 aromatic heterocycles. The first kappa shape index (κ1) is 13.6. The predicted octanol–water partition coefficient (Wildman–Crippen LogP) is 2.54. The third-order valence-corrected chi connectivity index (χ3v) is 3.59. The number of rotatable bonds is 5. The Morgan fingerprint density at radius 2 is 2.26 bits per heavy atom. The first-order valence-corrected chi connectivity index (χ1v) is 6.45. The van der Waals surface area contributed by atoms with Gasteiger partial charge in [0.2, 0.25) is 0 Å². The summed E-state index contributed by atoms with van der Waals surface area (Å²) in [6.45, 7) is 5.43. The van der Waals surface area contributed by atoms with Gasteiger partial charge in [0.15, 0.2) is 0 Å². The van der Waals surface area contributed by atoms with Gasteiger partial charge < -0.3 is 9.88 Å². The van der Waals surface area contributed by atoms with Crippen LogP contribution in [0, 0.1) is 0 Å². The highest BCUT2D eigenvalue weighted by Gasteiger charge is 2.15. The molecule has 1 heterocycles. The number of Topliss-reactive ketones (excluding diaryl/α,β-unsaturated/α-hetero) is 1. The normalized spacial score (nSPS) is 12.6. The summed E-state index contributed by atoms with van der Waals surface area (Å²) in [4.78, 5) is 11.6. The van der Waals surface area contributed by atoms with Crippen molar-refractivity contribution in [2.75, 3.05) is 7.05 Å². The van der Waals surface area contributed by atoms with E-state index < -0.39 is 0 Å². The van der Waals surface area contributed by atoms with Crippen molar-refractivity contribution in [2.45, 2.75) is 19.4 Å². The first-order chi connectivity index (χ1) is 9.06. The molecule has 19 heavy (non-hydrogen) atoms. The third-order valence-electron chi connectivity index (χ3n) is 3.59. The number of hydrogen-bond acceptors (Lipinski definition) is 2. The minimum atomic E-state index is -0.127. The third kappa shape index (κ3) is 2.61. The number of nitrogens with one attached hydrogen (secondary N) is 1. The first-order valence-electron chi connectivity index (χ1n) is 6.45. The highest BCUT2D eigenvalue weighted by Crippen LogP contribution is 2.23. The van der Waals surface area contributed by atoms with Crippen molar-refractivity contribution in [1.82, 2.24) is 9.88 Å². The van der Waals surface area contributed by atoms with Crippen molar-refractivity contribution in [2.24, 2.45) is 7.05 Å². The van der Waals surface area contributed by atoms with Crippen molar-refractivity contribution >= 4 is 22.8 Å². The lowest BCUT2D eigenvalue weighted by atomic mass is 10.0. The van der Waals surface area contributed by atoms with Gasteiger partial charge in [0.25, 0.3) is 0 Å². The monoisotopic (exact) mass is 256 g/mol. The Morgan fingerprint density at radius 1 is 1.53 bits per heavy atom. The molecule has 0 bridgehead atoms. The van der Waals surface area contributed by atoms with Crippen LogP contribution in [0.4, 0.5) is 0 Å². The van der Waals surface area contributed by atoms with Gasteiger partial charge in [-0.05, 0) is 43.7 Å². The average molecular weight is 256 g/mol. The van der Waals surface area contributed by atoms with Crippen molar-refractivity contribution in [1.29, 1.82) is 0 Å². The van der Waals surface area contributed by atoms with Gasteiger partial charge in [-0.25, -0.2) is 0 Å². The largest absolute Gasteiger partial charge is 0.350 e. The summed E-state index contributed by atoms with van der Waals surface area (Å²) in [7, 11) is 3.86. The van der Waals surface area contributed by atoms with Gasteiger partial charge in [0.05, 0.1) is 6.04 Å². The van der Waals surface area contributed by atoms with Crippen LogP contribution in [0.5, 0.6) is 0 Å². The lowest BCUT2D eigenvalue weighted by molar-refractivity contribution is -0.118. The summed E-state index contributed by atoms with van der Waals surface area (Å²) in [5.74, 6) is 0.166. The van der Waals surface area contributed by atoms with E-state index in [0.717, 1.165) is 5.56 Å². The predicted molar refractivity (Wildman–Crippen MR) is 80.2 cm³/mol. The number of benzene rings is 1. The van der Waals surface area contributed by atoms with Crippen LogP contribution in [0.25, 0.3) is 17.0 Å². The van der Waals surface area contributed by atoms with Crippen molar-refractivity contribution in [3.8, 4) is 0 Å². The van der Waals surface area contributed by atoms with Gasteiger partial charge in [-0.2, -0.15) is 0 Å². The lowest BCUT2D eigenvalue weighted by Crippen LogP contribution is -2.34. The zero-order valence-corrected chi connectivity index (χ0v) is 11.7. The number of carbonyl (C=O) groups excluding carboxylic acids is 1. The van der Waals surface area contributed by atoms with Crippen LogP contribution in [-0.4, -0.2) is 23.4 Å². The van der Waals surface area contributed by atoms with Gasteiger partial charge in [-0.3, -0.25) is 4.79 Å². The summed E-state index contributed by atoms with van der Waals surface area (Å²) in [6.07, 6.45) is 4.66. The zero-order chi connectivity index (χ0) is 14.0. The molecule has 0 saturated heterocycles. The van der Waals surface area contributed by atoms with Crippen LogP contribution in [0.15, 0.2) is 31.0 Å². The van der Waals surface area contributed by atoms with E-state index in [1.54, 1.807) is 6.92 Å². The standard InChI is InChI=1S/C16H20N2O/c1-5-12-6-7-16-14(8-12)13(10-18(16)4)9-15(17-3)11(2)19/h5-8,10,15,17H,1,9H2,2-4H3. The van der Waals surface area contributed by atoms with Gasteiger partial charge >= 0.3 is 0 Å². The van der Waals surface area contributed by atoms with E-state index in [1.807, 2.05) is 20.2 Å². The lowest BCUT2D eigenvalue weighted by Gasteiger charge is -2.11. The molecule has 1 N–H and O–H groups in total. The summed E-state index contributed by atoms with van der Waals surface area (Å²) in [5.41, 5.74) is 3.47. The zero-order valence-electron chi connectivity index (χ0n) is 11.7. The number of hydrogen-bond donors (Lipinski definition) is 1. The van der Waals surface area contributed by atoms with E-state index in [-0.39, 0.29) is 11.8 Å². The topological polar surface area (TPSA) is 34.0 Å². The molecule has 0 aliphatic carbocycles. The number of aromatic nitrogens is 1. The molecule has 0 radical (unpaired) electrons. The van der Waals surface area contributed by atoms with Crippen LogP contribution in [-0.2, 0) is 18.3 Å². The number of aryl methyl sites for hydroxylation is 1. The summed E-state index contributed by atoms with van der Waals surface area (Å²) in [6, 6.07) is 6.15. The molecular formula is C16H20N2O. The SMILES string of the molecule is C=Cc1ccc2c(c1)c(CC(NC)C(C)=O)cn2C. The maximum absolute atomic E-state index is 11.6. The van der Waals surface area contributed by atoms with Crippen molar-refractivity contribution < 1.29 is 4.79 Å². The number of nitrogens with zero attached hydrogens (tertiary/aromatic N) is 1. The summed E-state index contributed by atoms with van der Waals surface area (Å²) in [5, 5.41) is 4.27. The molecule has 0 aliphatic heterocycles. The Hall–Kier alpha value is -1.87. The molecule has 0 fully saturated rings. The number of fused-ring (bicyclic) bond motifs is 1. The maximum atomic E-state index is 11.6. The minimum absolute atomic E-state index is 0.127. The Morgan fingerprint density at radius 3 is 2.84 bits per heavy atom. The molecule has 0 saturated carbocycles. The molecule has 1 unspecified atom stereocenters. The average Bonchev–Trinajstić information content (AvgIpc) is 2.71. The van der Waals surface area contributed by atoms with E-state index in [0.29, 0.717) is 6.42 Å². The van der Waals surface area contributed by atoms with Crippen LogP contribution in [0.3, 0.4) is 0 Å². The van der Waals surface area contributed by atoms with Crippen LogP contribution in [0.2, 0.25) is 0 Å². The van der Waals surface area contributed by atoms with Gasteiger partial charge in [-0.15, -0.1) is 0 Å². The smallest absolute Gasteiger partial charge is 0.147 e. The highest BCUT2D eigenvalue weighted by molar-refractivity contribution is 5.88. The summed E-state index contributed by atoms with van der Waals surface area (Å²) < 4.78 is 2.10. The molecule has 2 aromatic rings. The van der Waals surface area contributed by atoms with Gasteiger partial charge in [0.1, 0.15) is 5.78 Å². The minimum Gasteiger partial charge on any atom is -0.350 e. The number of ketones is 1. The van der Waals surface area contributed by atoms with E-state index in [4.69, 9.17) is 0 Å². The highest BCUT2D eigenvalue weighted by atomic mass is 16.1. The second kappa shape index (κ2) is 5.41. The van der Waals surface area contributed by atoms with E-state index in [2.05, 4.69) is 40.9 Å². The molecule has 1 atom stereocenters. The van der Waals surface area contributed by atoms with E-state index in [1.165, 1.54) is 16.5 Å². The Labute approximate surface area is 113 Å². The van der Waals surface area contributed by atoms with Crippen molar-refractivity contribution in [3.05, 3.63) is 42.1 Å². The van der Waals surface area contributed by atoms with E-state index in [9.17, 15) is 4.79 Å². The molecule has 3 nitrogen and oxygen atoms in total.